The van der Waals surface area contributed by atoms with Gasteiger partial charge in [-0.1, -0.05) is 129 Å². The lowest BCUT2D eigenvalue weighted by Gasteiger charge is -2.32. The highest BCUT2D eigenvalue weighted by Crippen LogP contribution is 2.50. The van der Waals surface area contributed by atoms with Crippen LogP contribution in [0.5, 0.6) is 0 Å². The highest BCUT2D eigenvalue weighted by atomic mass is 15.2. The number of nitrogens with zero attached hydrogens (tertiary/aromatic N) is 2. The number of rotatable bonds is 4. The highest BCUT2D eigenvalue weighted by molar-refractivity contribution is 5.86. The van der Waals surface area contributed by atoms with Gasteiger partial charge in [-0.05, 0) is 77.7 Å². The Bertz CT molecular complexity index is 2080. The quantitative estimate of drug-likeness (QED) is 0.205. The average Bonchev–Trinajstić information content (AvgIpc) is 3.36. The Hall–Kier alpha value is -5.34. The van der Waals surface area contributed by atoms with Gasteiger partial charge in [-0.15, -0.1) is 0 Å². The normalized spacial score (nSPS) is 19.5. The molecule has 1 aromatic heterocycles. The first kappa shape index (κ1) is 27.2. The minimum Gasteiger partial charge on any atom is -0.331 e. The van der Waals surface area contributed by atoms with Gasteiger partial charge in [-0.2, -0.15) is 0 Å². The number of allylic oxidation sites excluding steroid dienone is 4. The van der Waals surface area contributed by atoms with Crippen LogP contribution in [0.15, 0.2) is 139 Å². The van der Waals surface area contributed by atoms with Crippen LogP contribution in [0.25, 0.3) is 41.1 Å². The van der Waals surface area contributed by atoms with Crippen molar-refractivity contribution < 1.29 is 0 Å². The molecule has 2 nitrogen and oxygen atoms in total. The molecule has 218 valence electrons. The smallest absolute Gasteiger partial charge is 0.0713 e. The van der Waals surface area contributed by atoms with Gasteiger partial charge in [0.25, 0.3) is 0 Å². The van der Waals surface area contributed by atoms with Crippen molar-refractivity contribution in [2.45, 2.75) is 32.2 Å². The molecule has 3 aliphatic carbocycles. The van der Waals surface area contributed by atoms with E-state index in [-0.39, 0.29) is 11.5 Å². The molecule has 0 saturated carbocycles. The maximum absolute atomic E-state index is 2.47. The van der Waals surface area contributed by atoms with E-state index in [9.17, 15) is 0 Å². The van der Waals surface area contributed by atoms with E-state index in [0.29, 0.717) is 0 Å². The molecule has 5 aromatic rings. The summed E-state index contributed by atoms with van der Waals surface area (Å²) in [7, 11) is 0. The molecule has 0 saturated heterocycles. The topological polar surface area (TPSA) is 8.17 Å². The lowest BCUT2D eigenvalue weighted by atomic mass is 9.82. The number of hydrogen-bond donors (Lipinski definition) is 0. The molecule has 0 amide bonds. The largest absolute Gasteiger partial charge is 0.331 e. The molecule has 0 aliphatic heterocycles. The van der Waals surface area contributed by atoms with E-state index in [2.05, 4.69) is 188 Å². The summed E-state index contributed by atoms with van der Waals surface area (Å²) in [6.45, 7) is 6.86. The highest BCUT2D eigenvalue weighted by Gasteiger charge is 2.36. The molecule has 1 atom stereocenters. The van der Waals surface area contributed by atoms with E-state index in [0.717, 1.165) is 5.69 Å². The van der Waals surface area contributed by atoms with E-state index < -0.39 is 0 Å². The lowest BCUT2D eigenvalue weighted by molar-refractivity contribution is 0.660. The molecule has 0 N–H and O–H groups in total. The average molecular weight is 581 g/mol. The van der Waals surface area contributed by atoms with Gasteiger partial charge in [-0.25, -0.2) is 0 Å². The van der Waals surface area contributed by atoms with E-state index >= 15 is 0 Å². The van der Waals surface area contributed by atoms with E-state index in [1.807, 2.05) is 0 Å². The molecule has 45 heavy (non-hydrogen) atoms. The van der Waals surface area contributed by atoms with Gasteiger partial charge in [0, 0.05) is 33.6 Å². The Kier molecular flexibility index (Phi) is 6.46. The van der Waals surface area contributed by atoms with Crippen molar-refractivity contribution in [1.29, 1.82) is 0 Å². The first-order valence-electron chi connectivity index (χ1n) is 15.8. The number of fused-ring (bicyclic) bond motifs is 6. The van der Waals surface area contributed by atoms with E-state index in [1.54, 1.807) is 0 Å². The van der Waals surface area contributed by atoms with Crippen LogP contribution in [0, 0.1) is 0 Å². The molecule has 0 radical (unpaired) electrons. The number of anilines is 2. The van der Waals surface area contributed by atoms with Crippen LogP contribution in [0.3, 0.4) is 0 Å². The summed E-state index contributed by atoms with van der Waals surface area (Å²) in [6, 6.07) is 37.4. The Balaban J connectivity index is 1.28. The maximum atomic E-state index is 2.47. The number of benzene rings is 4. The van der Waals surface area contributed by atoms with Crippen LogP contribution in [0.2, 0.25) is 0 Å². The monoisotopic (exact) mass is 580 g/mol. The summed E-state index contributed by atoms with van der Waals surface area (Å²) in [5, 5.41) is 0. The predicted molar refractivity (Wildman–Crippen MR) is 192 cm³/mol. The van der Waals surface area contributed by atoms with Crippen LogP contribution >= 0.6 is 0 Å². The van der Waals surface area contributed by atoms with Crippen molar-refractivity contribution in [1.82, 2.24) is 4.57 Å². The molecule has 1 heterocycles. The van der Waals surface area contributed by atoms with Gasteiger partial charge in [0.1, 0.15) is 0 Å². The molecular formula is C43H36N2. The van der Waals surface area contributed by atoms with Crippen LogP contribution in [0.4, 0.5) is 11.4 Å². The van der Waals surface area contributed by atoms with Crippen LogP contribution in [0.1, 0.15) is 54.4 Å². The van der Waals surface area contributed by atoms with Gasteiger partial charge in [0.2, 0.25) is 0 Å². The van der Waals surface area contributed by atoms with E-state index in [4.69, 9.17) is 0 Å². The zero-order chi connectivity index (χ0) is 30.5. The molecule has 4 aromatic carbocycles. The fourth-order valence-electron chi connectivity index (χ4n) is 7.29. The zero-order valence-electron chi connectivity index (χ0n) is 26.0. The SMILES string of the molecule is CC1=C\C=C/c2c(c3c(n2-c2ccccc2)C=CC(N(c2ccccc2)c2ccc4c(c2)C(C)(C)c2ccccc2-4)C=C3)/C=C\1. The summed E-state index contributed by atoms with van der Waals surface area (Å²) in [6.07, 6.45) is 20.4. The third-order valence-electron chi connectivity index (χ3n) is 9.55. The van der Waals surface area contributed by atoms with Gasteiger partial charge >= 0.3 is 0 Å². The molecule has 0 spiro atoms. The van der Waals surface area contributed by atoms with Crippen molar-refractivity contribution in [2.24, 2.45) is 0 Å². The zero-order valence-corrected chi connectivity index (χ0v) is 26.0. The fourth-order valence-corrected chi connectivity index (χ4v) is 7.29. The number of aromatic nitrogens is 1. The minimum atomic E-state index is -0.0636. The van der Waals surface area contributed by atoms with Crippen molar-refractivity contribution >= 4 is 35.7 Å². The summed E-state index contributed by atoms with van der Waals surface area (Å²) >= 11 is 0. The first-order valence-corrected chi connectivity index (χ1v) is 15.8. The minimum absolute atomic E-state index is 0.0133. The Morgan fingerprint density at radius 2 is 1.27 bits per heavy atom. The van der Waals surface area contributed by atoms with E-state index in [1.165, 1.54) is 61.7 Å². The Morgan fingerprint density at radius 1 is 0.600 bits per heavy atom. The van der Waals surface area contributed by atoms with Gasteiger partial charge < -0.3 is 9.47 Å². The van der Waals surface area contributed by atoms with Crippen molar-refractivity contribution in [3.63, 3.8) is 0 Å². The van der Waals surface area contributed by atoms with Crippen LogP contribution in [-0.2, 0) is 5.41 Å². The van der Waals surface area contributed by atoms with Gasteiger partial charge in [0.05, 0.1) is 17.4 Å². The second-order valence-electron chi connectivity index (χ2n) is 12.7. The third-order valence-corrected chi connectivity index (χ3v) is 9.55. The van der Waals surface area contributed by atoms with Crippen molar-refractivity contribution in [2.75, 3.05) is 4.90 Å². The van der Waals surface area contributed by atoms with Crippen LogP contribution in [-0.4, -0.2) is 10.6 Å². The van der Waals surface area contributed by atoms with Crippen molar-refractivity contribution in [3.05, 3.63) is 173 Å². The lowest BCUT2D eigenvalue weighted by Crippen LogP contribution is -2.28. The van der Waals surface area contributed by atoms with Crippen molar-refractivity contribution in [3.8, 4) is 16.8 Å². The molecule has 1 unspecified atom stereocenters. The standard InChI is InChI=1S/C43H36N2/c1-30-13-12-20-41-37(25-21-30)38-27-22-33(24-28-42(38)45(41)32-16-8-5-9-17-32)44(31-14-6-4-7-15-31)34-23-26-36-35-18-10-11-19-39(35)43(2,3)40(36)29-34/h4-29,33H,1-3H3/b13-12?,20-12-,25-21-,30-13+,30-21?,37-25?,41-20?. The van der Waals surface area contributed by atoms with Gasteiger partial charge in [0.15, 0.2) is 0 Å². The first-order chi connectivity index (χ1) is 22.0. The second kappa shape index (κ2) is 10.7. The predicted octanol–water partition coefficient (Wildman–Crippen LogP) is 11.0. The molecular weight excluding hydrogens is 544 g/mol. The third kappa shape index (κ3) is 4.48. The second-order valence-corrected chi connectivity index (χ2v) is 12.7. The summed E-state index contributed by atoms with van der Waals surface area (Å²) in [4.78, 5) is 2.47. The molecule has 0 fully saturated rings. The summed E-state index contributed by atoms with van der Waals surface area (Å²) < 4.78 is 2.39. The molecule has 0 bridgehead atoms. The Labute approximate surface area is 266 Å². The summed E-state index contributed by atoms with van der Waals surface area (Å²) in [5.74, 6) is 0. The van der Waals surface area contributed by atoms with Gasteiger partial charge in [-0.3, -0.25) is 0 Å². The summed E-state index contributed by atoms with van der Waals surface area (Å²) in [5.41, 5.74) is 15.0. The molecule has 2 heteroatoms. The molecule has 8 rings (SSSR count). The van der Waals surface area contributed by atoms with Crippen LogP contribution < -0.4 is 4.90 Å². The molecule has 3 aliphatic rings. The Morgan fingerprint density at radius 3 is 2.09 bits per heavy atom. The number of hydrogen-bond acceptors (Lipinski definition) is 1. The fraction of sp³-hybridized carbons (Fsp3) is 0.116. The maximum Gasteiger partial charge on any atom is 0.0713 e. The number of para-hydroxylation sites is 2.